The Hall–Kier alpha value is -4.18. The van der Waals surface area contributed by atoms with Crippen LogP contribution in [0, 0.1) is 5.41 Å². The smallest absolute Gasteiger partial charge is 0.407 e. The zero-order valence-electron chi connectivity index (χ0n) is 23.2. The fourth-order valence-corrected chi connectivity index (χ4v) is 5.35. The summed E-state index contributed by atoms with van der Waals surface area (Å²) in [7, 11) is 0. The predicted octanol–water partition coefficient (Wildman–Crippen LogP) is 5.09. The van der Waals surface area contributed by atoms with Crippen molar-refractivity contribution in [3.8, 4) is 5.75 Å². The van der Waals surface area contributed by atoms with Crippen LogP contribution in [-0.2, 0) is 11.3 Å². The van der Waals surface area contributed by atoms with Gasteiger partial charge in [0.2, 0.25) is 0 Å². The largest absolute Gasteiger partial charge is 0.505 e. The van der Waals surface area contributed by atoms with Gasteiger partial charge in [-0.3, -0.25) is 19.0 Å². The number of aromatic nitrogens is 1. The molecule has 2 aromatic heterocycles. The quantitative estimate of drug-likeness (QED) is 0.257. The van der Waals surface area contributed by atoms with Gasteiger partial charge < -0.3 is 20.5 Å². The zero-order valence-corrected chi connectivity index (χ0v) is 24.0. The van der Waals surface area contributed by atoms with E-state index in [-0.39, 0.29) is 35.7 Å². The molecule has 0 saturated carbocycles. The van der Waals surface area contributed by atoms with E-state index in [9.17, 15) is 24.3 Å². The van der Waals surface area contributed by atoms with Crippen molar-refractivity contribution < 1.29 is 24.2 Å². The molecule has 0 radical (unpaired) electrons. The Morgan fingerprint density at radius 1 is 0.925 bits per heavy atom. The van der Waals surface area contributed by atoms with Gasteiger partial charge in [-0.05, 0) is 32.3 Å². The molecule has 40 heavy (non-hydrogen) atoms. The van der Waals surface area contributed by atoms with Gasteiger partial charge in [-0.25, -0.2) is 4.79 Å². The first-order valence-electron chi connectivity index (χ1n) is 12.9. The van der Waals surface area contributed by atoms with Crippen LogP contribution < -0.4 is 16.2 Å². The van der Waals surface area contributed by atoms with E-state index in [1.165, 1.54) is 4.57 Å². The van der Waals surface area contributed by atoms with E-state index < -0.39 is 34.3 Å². The molecular formula is C30H33N3O6S. The number of carbonyl (C=O) groups excluding carboxylic acids is 3. The van der Waals surface area contributed by atoms with Crippen LogP contribution in [0.1, 0.15) is 54.6 Å². The maximum atomic E-state index is 13.6. The molecule has 2 amide bonds. The molecule has 0 spiro atoms. The number of pyridine rings is 1. The molecule has 0 aliphatic carbocycles. The summed E-state index contributed by atoms with van der Waals surface area (Å²) >= 11 is 1.02. The molecular weight excluding hydrogens is 530 g/mol. The van der Waals surface area contributed by atoms with Crippen molar-refractivity contribution in [1.82, 2.24) is 15.2 Å². The molecule has 0 bridgehead atoms. The number of alkyl carbamates (subject to hydrolysis) is 1. The Labute approximate surface area is 235 Å². The average molecular weight is 564 g/mol. The molecule has 0 unspecified atom stereocenters. The van der Waals surface area contributed by atoms with Crippen LogP contribution in [-0.4, -0.2) is 46.1 Å². The highest BCUT2D eigenvalue weighted by Gasteiger charge is 2.27. The Morgan fingerprint density at radius 3 is 2.23 bits per heavy atom. The lowest BCUT2D eigenvalue weighted by atomic mass is 9.93. The van der Waals surface area contributed by atoms with E-state index in [0.29, 0.717) is 21.2 Å². The van der Waals surface area contributed by atoms with Gasteiger partial charge in [-0.1, -0.05) is 62.4 Å². The summed E-state index contributed by atoms with van der Waals surface area (Å²) < 4.78 is 7.07. The van der Waals surface area contributed by atoms with Gasteiger partial charge >= 0.3 is 6.09 Å². The molecule has 2 aromatic carbocycles. The first-order chi connectivity index (χ1) is 18.8. The van der Waals surface area contributed by atoms with Crippen molar-refractivity contribution >= 4 is 50.1 Å². The number of para-hydroxylation sites is 1. The Bertz CT molecular complexity index is 1650. The summed E-state index contributed by atoms with van der Waals surface area (Å²) in [6.07, 6.45) is -0.553. The maximum Gasteiger partial charge on any atom is 0.407 e. The van der Waals surface area contributed by atoms with Crippen molar-refractivity contribution in [2.24, 2.45) is 5.41 Å². The molecule has 210 valence electrons. The first-order valence-corrected chi connectivity index (χ1v) is 13.7. The molecule has 3 N–H and O–H groups in total. The second-order valence-electron chi connectivity index (χ2n) is 11.4. The number of hydrogen-bond donors (Lipinski definition) is 3. The molecule has 0 atom stereocenters. The van der Waals surface area contributed by atoms with Crippen LogP contribution in [0.25, 0.3) is 21.0 Å². The number of hydrogen-bond acceptors (Lipinski definition) is 7. The van der Waals surface area contributed by atoms with E-state index in [2.05, 4.69) is 10.6 Å². The summed E-state index contributed by atoms with van der Waals surface area (Å²) in [5.74, 6) is -1.21. The second-order valence-corrected chi connectivity index (χ2v) is 12.4. The number of ketones is 1. The number of aromatic hydroxyl groups is 1. The SMILES string of the molecule is CC(C)(CNC(=O)OC(C)(C)C)CNC(=O)c1sc2c(c1O)c(=O)n(CC(=O)c1ccccc1)c1ccccc21. The molecule has 9 nitrogen and oxygen atoms in total. The Kier molecular flexibility index (Phi) is 8.02. The number of nitrogens with zero attached hydrogens (tertiary/aromatic N) is 1. The number of ether oxygens (including phenoxy) is 1. The minimum atomic E-state index is -0.626. The van der Waals surface area contributed by atoms with Crippen molar-refractivity contribution in [2.75, 3.05) is 13.1 Å². The minimum absolute atomic E-state index is 0.000269. The molecule has 10 heteroatoms. The number of benzene rings is 2. The van der Waals surface area contributed by atoms with E-state index in [1.54, 1.807) is 75.4 Å². The number of nitrogens with one attached hydrogen (secondary N) is 2. The highest BCUT2D eigenvalue weighted by atomic mass is 32.1. The number of thiophene rings is 1. The van der Waals surface area contributed by atoms with Gasteiger partial charge in [-0.15, -0.1) is 11.3 Å². The Morgan fingerprint density at radius 2 is 1.55 bits per heavy atom. The van der Waals surface area contributed by atoms with Crippen LogP contribution in [0.5, 0.6) is 5.75 Å². The van der Waals surface area contributed by atoms with Gasteiger partial charge in [0.25, 0.3) is 11.5 Å². The van der Waals surface area contributed by atoms with Crippen LogP contribution >= 0.6 is 11.3 Å². The van der Waals surface area contributed by atoms with Crippen LogP contribution in [0.2, 0.25) is 0 Å². The van der Waals surface area contributed by atoms with E-state index in [0.717, 1.165) is 11.3 Å². The summed E-state index contributed by atoms with van der Waals surface area (Å²) in [5, 5.41) is 17.2. The van der Waals surface area contributed by atoms with Crippen molar-refractivity contribution in [3.05, 3.63) is 75.4 Å². The standard InChI is InChI=1S/C30H33N3O6S/c1-29(2,3)39-28(38)32-17-30(4,5)16-31-26(36)25-23(35)22-24(40-25)19-13-9-10-14-20(19)33(27(22)37)15-21(34)18-11-7-6-8-12-18/h6-14,35H,15-17H2,1-5H3,(H,31,36)(H,32,38). The van der Waals surface area contributed by atoms with E-state index in [1.807, 2.05) is 13.8 Å². The van der Waals surface area contributed by atoms with Gasteiger partial charge in [0.05, 0.1) is 16.8 Å². The summed E-state index contributed by atoms with van der Waals surface area (Å²) in [5.41, 5.74) is -0.703. The average Bonchev–Trinajstić information content (AvgIpc) is 3.25. The molecule has 4 aromatic rings. The van der Waals surface area contributed by atoms with Crippen molar-refractivity contribution in [2.45, 2.75) is 46.8 Å². The van der Waals surface area contributed by atoms with E-state index >= 15 is 0 Å². The van der Waals surface area contributed by atoms with Gasteiger partial charge in [0.1, 0.15) is 15.9 Å². The first kappa shape index (κ1) is 28.8. The molecule has 4 rings (SSSR count). The summed E-state index contributed by atoms with van der Waals surface area (Å²) in [4.78, 5) is 51.8. The lowest BCUT2D eigenvalue weighted by molar-refractivity contribution is 0.0506. The number of rotatable bonds is 8. The normalized spacial score (nSPS) is 11.9. The number of carbonyl (C=O) groups is 3. The van der Waals surface area contributed by atoms with Gasteiger partial charge in [0, 0.05) is 24.0 Å². The van der Waals surface area contributed by atoms with Crippen molar-refractivity contribution in [3.63, 3.8) is 0 Å². The molecule has 2 heterocycles. The molecule has 0 saturated heterocycles. The third-order valence-corrected chi connectivity index (χ3v) is 7.43. The van der Waals surface area contributed by atoms with Crippen molar-refractivity contribution in [1.29, 1.82) is 0 Å². The van der Waals surface area contributed by atoms with Crippen LogP contribution in [0.15, 0.2) is 59.4 Å². The van der Waals surface area contributed by atoms with Gasteiger partial charge in [0.15, 0.2) is 11.5 Å². The highest BCUT2D eigenvalue weighted by molar-refractivity contribution is 7.22. The second kappa shape index (κ2) is 11.1. The lowest BCUT2D eigenvalue weighted by Crippen LogP contribution is -2.43. The van der Waals surface area contributed by atoms with Crippen LogP contribution in [0.4, 0.5) is 4.79 Å². The Balaban J connectivity index is 1.60. The number of fused-ring (bicyclic) bond motifs is 3. The number of amides is 2. The predicted molar refractivity (Wildman–Crippen MR) is 156 cm³/mol. The molecule has 0 aliphatic heterocycles. The van der Waals surface area contributed by atoms with E-state index in [4.69, 9.17) is 4.74 Å². The zero-order chi connectivity index (χ0) is 29.2. The molecule has 0 aliphatic rings. The lowest BCUT2D eigenvalue weighted by Gasteiger charge is -2.26. The molecule has 0 fully saturated rings. The number of Topliss-reactive ketones (excluding diaryl/α,β-unsaturated/α-hetero) is 1. The fourth-order valence-electron chi connectivity index (χ4n) is 4.21. The topological polar surface area (TPSA) is 127 Å². The van der Waals surface area contributed by atoms with Crippen LogP contribution in [0.3, 0.4) is 0 Å². The van der Waals surface area contributed by atoms with Gasteiger partial charge in [-0.2, -0.15) is 0 Å². The summed E-state index contributed by atoms with van der Waals surface area (Å²) in [6.45, 7) is 9.26. The third-order valence-electron chi connectivity index (χ3n) is 6.22. The monoisotopic (exact) mass is 563 g/mol. The fraction of sp³-hybridized carbons (Fsp3) is 0.333. The summed E-state index contributed by atoms with van der Waals surface area (Å²) in [6, 6.07) is 15.8. The highest BCUT2D eigenvalue weighted by Crippen LogP contribution is 2.39. The maximum absolute atomic E-state index is 13.6. The minimum Gasteiger partial charge on any atom is -0.505 e. The third kappa shape index (κ3) is 6.34.